The molecule has 136 valence electrons. The molecule has 2 aromatic heterocycles. The lowest BCUT2D eigenvalue weighted by Gasteiger charge is -2.07. The lowest BCUT2D eigenvalue weighted by atomic mass is 10.2. The Morgan fingerprint density at radius 3 is 2.70 bits per heavy atom. The van der Waals surface area contributed by atoms with E-state index in [1.807, 2.05) is 49.4 Å². The van der Waals surface area contributed by atoms with Gasteiger partial charge in [-0.2, -0.15) is 0 Å². The summed E-state index contributed by atoms with van der Waals surface area (Å²) in [4.78, 5) is 16.9. The van der Waals surface area contributed by atoms with Gasteiger partial charge in [-0.3, -0.25) is 4.79 Å². The minimum atomic E-state index is -0.0889. The molecular formula is C20H19N5OS. The van der Waals surface area contributed by atoms with Gasteiger partial charge in [0.05, 0.1) is 11.3 Å². The number of anilines is 1. The van der Waals surface area contributed by atoms with Gasteiger partial charge in [0.25, 0.3) is 0 Å². The zero-order chi connectivity index (χ0) is 18.8. The van der Waals surface area contributed by atoms with Crippen LogP contribution in [0.3, 0.4) is 0 Å². The van der Waals surface area contributed by atoms with Gasteiger partial charge in [0.15, 0.2) is 5.65 Å². The van der Waals surface area contributed by atoms with Crippen molar-refractivity contribution in [2.75, 3.05) is 11.1 Å². The molecule has 0 aliphatic rings. The van der Waals surface area contributed by atoms with Crippen molar-refractivity contribution in [1.82, 2.24) is 19.7 Å². The van der Waals surface area contributed by atoms with E-state index < -0.39 is 0 Å². The monoisotopic (exact) mass is 377 g/mol. The van der Waals surface area contributed by atoms with E-state index in [1.54, 1.807) is 0 Å². The molecule has 0 saturated heterocycles. The number of para-hydroxylation sites is 2. The number of fused-ring (bicyclic) bond motifs is 3. The fraction of sp³-hybridized carbons (Fsp3) is 0.200. The summed E-state index contributed by atoms with van der Waals surface area (Å²) in [6.07, 6.45) is 0. The van der Waals surface area contributed by atoms with Crippen molar-refractivity contribution in [2.24, 2.45) is 0 Å². The van der Waals surface area contributed by atoms with Crippen LogP contribution in [0.15, 0.2) is 53.7 Å². The fourth-order valence-electron chi connectivity index (χ4n) is 3.10. The first kappa shape index (κ1) is 17.5. The Bertz CT molecular complexity index is 1140. The normalized spacial score (nSPS) is 11.2. The van der Waals surface area contributed by atoms with Crippen LogP contribution in [0.2, 0.25) is 0 Å². The lowest BCUT2D eigenvalue weighted by Crippen LogP contribution is -2.15. The molecule has 4 aromatic rings. The maximum atomic E-state index is 12.3. The van der Waals surface area contributed by atoms with Crippen molar-refractivity contribution < 1.29 is 4.79 Å². The Hall–Kier alpha value is -2.93. The average molecular weight is 377 g/mol. The lowest BCUT2D eigenvalue weighted by molar-refractivity contribution is -0.113. The highest BCUT2D eigenvalue weighted by Gasteiger charge is 2.14. The number of thioether (sulfide) groups is 1. The Morgan fingerprint density at radius 2 is 1.89 bits per heavy atom. The van der Waals surface area contributed by atoms with E-state index in [9.17, 15) is 4.79 Å². The third kappa shape index (κ3) is 3.38. The highest BCUT2D eigenvalue weighted by Crippen LogP contribution is 2.27. The third-order valence-electron chi connectivity index (χ3n) is 4.42. The standard InChI is InChI=1S/C20H19N5OS/c1-3-25-16-11-7-5-9-14(16)18-19(25)22-20(24-23-18)27-12-17(26)21-15-10-6-4-8-13(15)2/h4-11H,3,12H2,1-2H3,(H,21,26). The maximum absolute atomic E-state index is 12.3. The van der Waals surface area contributed by atoms with Crippen LogP contribution >= 0.6 is 11.8 Å². The summed E-state index contributed by atoms with van der Waals surface area (Å²) in [6.45, 7) is 4.84. The number of hydrogen-bond acceptors (Lipinski definition) is 5. The molecule has 4 rings (SSSR count). The summed E-state index contributed by atoms with van der Waals surface area (Å²) in [5.41, 5.74) is 4.54. The molecule has 2 heterocycles. The van der Waals surface area contributed by atoms with Gasteiger partial charge in [-0.1, -0.05) is 48.2 Å². The molecule has 0 radical (unpaired) electrons. The van der Waals surface area contributed by atoms with Crippen molar-refractivity contribution >= 4 is 45.4 Å². The average Bonchev–Trinajstić information content (AvgIpc) is 3.01. The SMILES string of the molecule is CCn1c2ccccc2c2nnc(SCC(=O)Nc3ccccc3C)nc21. The van der Waals surface area contributed by atoms with Crippen molar-refractivity contribution in [2.45, 2.75) is 25.5 Å². The van der Waals surface area contributed by atoms with Gasteiger partial charge in [0, 0.05) is 17.6 Å². The van der Waals surface area contributed by atoms with E-state index in [0.717, 1.165) is 39.9 Å². The van der Waals surface area contributed by atoms with Gasteiger partial charge < -0.3 is 9.88 Å². The Morgan fingerprint density at radius 1 is 1.11 bits per heavy atom. The van der Waals surface area contributed by atoms with E-state index in [-0.39, 0.29) is 11.7 Å². The Labute approximate surface area is 161 Å². The van der Waals surface area contributed by atoms with Crippen LogP contribution in [-0.2, 0) is 11.3 Å². The van der Waals surface area contributed by atoms with Crippen molar-refractivity contribution in [1.29, 1.82) is 0 Å². The second-order valence-electron chi connectivity index (χ2n) is 6.18. The first-order chi connectivity index (χ1) is 13.2. The molecule has 2 aromatic carbocycles. The third-order valence-corrected chi connectivity index (χ3v) is 5.26. The Balaban J connectivity index is 1.55. The molecule has 1 amide bonds. The maximum Gasteiger partial charge on any atom is 0.234 e. The number of aryl methyl sites for hydroxylation is 2. The number of aromatic nitrogens is 4. The minimum absolute atomic E-state index is 0.0889. The molecule has 0 aliphatic carbocycles. The molecular weight excluding hydrogens is 358 g/mol. The van der Waals surface area contributed by atoms with Crippen LogP contribution in [0, 0.1) is 6.92 Å². The fourth-order valence-corrected chi connectivity index (χ4v) is 3.68. The smallest absolute Gasteiger partial charge is 0.234 e. The van der Waals surface area contributed by atoms with Crippen LogP contribution in [0.1, 0.15) is 12.5 Å². The first-order valence-corrected chi connectivity index (χ1v) is 9.76. The number of benzene rings is 2. The first-order valence-electron chi connectivity index (χ1n) is 8.77. The number of carbonyl (C=O) groups is 1. The molecule has 0 fully saturated rings. The summed E-state index contributed by atoms with van der Waals surface area (Å²) >= 11 is 1.29. The van der Waals surface area contributed by atoms with Crippen molar-refractivity contribution in [3.8, 4) is 0 Å². The zero-order valence-corrected chi connectivity index (χ0v) is 16.0. The van der Waals surface area contributed by atoms with Gasteiger partial charge in [0.2, 0.25) is 11.1 Å². The number of carbonyl (C=O) groups excluding carboxylic acids is 1. The van der Waals surface area contributed by atoms with Gasteiger partial charge >= 0.3 is 0 Å². The van der Waals surface area contributed by atoms with E-state index in [4.69, 9.17) is 0 Å². The van der Waals surface area contributed by atoms with Gasteiger partial charge in [-0.05, 0) is 31.5 Å². The molecule has 0 spiro atoms. The molecule has 27 heavy (non-hydrogen) atoms. The highest BCUT2D eigenvalue weighted by atomic mass is 32.2. The molecule has 7 heteroatoms. The topological polar surface area (TPSA) is 72.7 Å². The van der Waals surface area contributed by atoms with Crippen LogP contribution in [0.4, 0.5) is 5.69 Å². The van der Waals surface area contributed by atoms with Crippen molar-refractivity contribution in [3.05, 3.63) is 54.1 Å². The summed E-state index contributed by atoms with van der Waals surface area (Å²) in [6, 6.07) is 15.8. The van der Waals surface area contributed by atoms with Crippen LogP contribution in [0.5, 0.6) is 0 Å². The number of amides is 1. The van der Waals surface area contributed by atoms with E-state index in [0.29, 0.717) is 5.16 Å². The molecule has 1 N–H and O–H groups in total. The largest absolute Gasteiger partial charge is 0.325 e. The molecule has 0 saturated carbocycles. The van der Waals surface area contributed by atoms with Crippen LogP contribution in [-0.4, -0.2) is 31.4 Å². The summed E-state index contributed by atoms with van der Waals surface area (Å²) in [5, 5.41) is 13.0. The summed E-state index contributed by atoms with van der Waals surface area (Å²) in [5.74, 6) is 0.141. The molecule has 0 bridgehead atoms. The Kier molecular flexibility index (Phi) is 4.77. The molecule has 6 nitrogen and oxygen atoms in total. The summed E-state index contributed by atoms with van der Waals surface area (Å²) in [7, 11) is 0. The van der Waals surface area contributed by atoms with Gasteiger partial charge in [-0.25, -0.2) is 4.98 Å². The number of nitrogens with one attached hydrogen (secondary N) is 1. The van der Waals surface area contributed by atoms with Gasteiger partial charge in [0.1, 0.15) is 5.52 Å². The number of nitrogens with zero attached hydrogens (tertiary/aromatic N) is 4. The van der Waals surface area contributed by atoms with Gasteiger partial charge in [-0.15, -0.1) is 10.2 Å². The predicted molar refractivity (Wildman–Crippen MR) is 109 cm³/mol. The van der Waals surface area contributed by atoms with E-state index >= 15 is 0 Å². The minimum Gasteiger partial charge on any atom is -0.325 e. The van der Waals surface area contributed by atoms with Crippen LogP contribution in [0.25, 0.3) is 22.1 Å². The highest BCUT2D eigenvalue weighted by molar-refractivity contribution is 7.99. The quantitative estimate of drug-likeness (QED) is 0.532. The number of rotatable bonds is 5. The molecule has 0 atom stereocenters. The second kappa shape index (κ2) is 7.36. The molecule has 0 unspecified atom stereocenters. The molecule has 0 aliphatic heterocycles. The zero-order valence-electron chi connectivity index (χ0n) is 15.1. The predicted octanol–water partition coefficient (Wildman–Crippen LogP) is 4.04. The number of hydrogen-bond donors (Lipinski definition) is 1. The second-order valence-corrected chi connectivity index (χ2v) is 7.12. The summed E-state index contributed by atoms with van der Waals surface area (Å²) < 4.78 is 2.12. The van der Waals surface area contributed by atoms with Crippen molar-refractivity contribution in [3.63, 3.8) is 0 Å². The van der Waals surface area contributed by atoms with E-state index in [2.05, 4.69) is 38.1 Å². The van der Waals surface area contributed by atoms with Crippen LogP contribution < -0.4 is 5.32 Å². The van der Waals surface area contributed by atoms with E-state index in [1.165, 1.54) is 11.8 Å².